The molecule has 0 aliphatic heterocycles. The van der Waals surface area contributed by atoms with E-state index >= 15 is 0 Å². The van der Waals surface area contributed by atoms with Crippen molar-refractivity contribution in [1.29, 1.82) is 0 Å². The zero-order valence-electron chi connectivity index (χ0n) is 19.9. The summed E-state index contributed by atoms with van der Waals surface area (Å²) in [6, 6.07) is 24.5. The van der Waals surface area contributed by atoms with Gasteiger partial charge < -0.3 is 10.6 Å². The highest BCUT2D eigenvalue weighted by atomic mass is 35.5. The maximum Gasteiger partial charge on any atom is 0.248 e. The van der Waals surface area contributed by atoms with Crippen LogP contribution in [0.1, 0.15) is 29.9 Å². The molecular weight excluding hydrogens is 460 g/mol. The van der Waals surface area contributed by atoms with Gasteiger partial charge in [0, 0.05) is 11.4 Å². The Morgan fingerprint density at radius 1 is 0.914 bits per heavy atom. The van der Waals surface area contributed by atoms with E-state index < -0.39 is 6.04 Å². The molecule has 0 bridgehead atoms. The first-order chi connectivity index (χ1) is 16.8. The molecule has 0 saturated carbocycles. The number of halogens is 1. The number of hydrogen-bond acceptors (Lipinski definition) is 3. The summed E-state index contributed by atoms with van der Waals surface area (Å²) in [6.07, 6.45) is 0.241. The quantitative estimate of drug-likeness (QED) is 0.326. The summed E-state index contributed by atoms with van der Waals surface area (Å²) in [5.41, 5.74) is 5.94. The molecule has 1 atom stereocenters. The van der Waals surface area contributed by atoms with Gasteiger partial charge in [-0.05, 0) is 61.7 Å². The highest BCUT2D eigenvalue weighted by Gasteiger charge is 2.19. The summed E-state index contributed by atoms with van der Waals surface area (Å²) < 4.78 is 1.68. The van der Waals surface area contributed by atoms with Crippen LogP contribution in [-0.2, 0) is 16.0 Å². The first-order valence-electron chi connectivity index (χ1n) is 11.4. The molecule has 1 heterocycles. The number of amides is 2. The van der Waals surface area contributed by atoms with Crippen LogP contribution in [0.25, 0.3) is 11.1 Å². The lowest BCUT2D eigenvalue weighted by molar-refractivity contribution is -0.119. The Balaban J connectivity index is 1.35. The Labute approximate surface area is 209 Å². The fraction of sp³-hybridized carbons (Fsp3) is 0.179. The first kappa shape index (κ1) is 24.2. The summed E-state index contributed by atoms with van der Waals surface area (Å²) in [5.74, 6) is -0.378. The van der Waals surface area contributed by atoms with Crippen molar-refractivity contribution in [2.45, 2.75) is 33.2 Å². The second-order valence-corrected chi connectivity index (χ2v) is 8.93. The number of aromatic nitrogens is 2. The number of nitrogens with zero attached hydrogens (tertiary/aromatic N) is 2. The number of rotatable bonds is 7. The van der Waals surface area contributed by atoms with Crippen LogP contribution in [0.5, 0.6) is 0 Å². The van der Waals surface area contributed by atoms with E-state index in [1.165, 1.54) is 0 Å². The van der Waals surface area contributed by atoms with Gasteiger partial charge in [-0.3, -0.25) is 14.3 Å². The highest BCUT2D eigenvalue weighted by molar-refractivity contribution is 6.34. The lowest BCUT2D eigenvalue weighted by atomic mass is 10.0. The molecule has 2 N–H and O–H groups in total. The van der Waals surface area contributed by atoms with Crippen LogP contribution in [0.3, 0.4) is 0 Å². The van der Waals surface area contributed by atoms with E-state index in [0.717, 1.165) is 28.1 Å². The van der Waals surface area contributed by atoms with Crippen molar-refractivity contribution in [2.75, 3.05) is 10.6 Å². The standard InChI is InChI=1S/C28H27ClN4O2/c1-18-15-19(2)33(32-18)20(3)28(35)31-26-14-13-24(17-25(26)29)30-27(34)16-21-9-11-23(12-10-21)22-7-5-4-6-8-22/h4-15,17,20H,16H2,1-3H3,(H,30,34)(H,31,35). The highest BCUT2D eigenvalue weighted by Crippen LogP contribution is 2.27. The zero-order chi connectivity index (χ0) is 24.9. The van der Waals surface area contributed by atoms with Gasteiger partial charge in [-0.1, -0.05) is 66.2 Å². The molecule has 4 rings (SSSR count). The van der Waals surface area contributed by atoms with Gasteiger partial charge in [0.15, 0.2) is 0 Å². The summed E-state index contributed by atoms with van der Waals surface area (Å²) in [4.78, 5) is 25.3. The maximum absolute atomic E-state index is 12.7. The van der Waals surface area contributed by atoms with Crippen molar-refractivity contribution in [3.63, 3.8) is 0 Å². The van der Waals surface area contributed by atoms with Gasteiger partial charge >= 0.3 is 0 Å². The van der Waals surface area contributed by atoms with E-state index in [9.17, 15) is 9.59 Å². The largest absolute Gasteiger partial charge is 0.326 e. The van der Waals surface area contributed by atoms with Gasteiger partial charge in [0.05, 0.1) is 22.8 Å². The third-order valence-corrected chi connectivity index (χ3v) is 6.04. The lowest BCUT2D eigenvalue weighted by Crippen LogP contribution is -2.25. The Morgan fingerprint density at radius 2 is 1.60 bits per heavy atom. The van der Waals surface area contributed by atoms with Crippen LogP contribution >= 0.6 is 11.6 Å². The molecule has 1 aromatic heterocycles. The molecular formula is C28H27ClN4O2. The van der Waals surface area contributed by atoms with Crippen LogP contribution in [-0.4, -0.2) is 21.6 Å². The van der Waals surface area contributed by atoms with Crippen LogP contribution < -0.4 is 10.6 Å². The number of carbonyl (C=O) groups excluding carboxylic acids is 2. The van der Waals surface area contributed by atoms with Crippen LogP contribution in [0, 0.1) is 13.8 Å². The van der Waals surface area contributed by atoms with Gasteiger partial charge in [0.1, 0.15) is 6.04 Å². The van der Waals surface area contributed by atoms with E-state index in [1.54, 1.807) is 29.8 Å². The second-order valence-electron chi connectivity index (χ2n) is 8.52. The maximum atomic E-state index is 12.7. The smallest absolute Gasteiger partial charge is 0.248 e. The van der Waals surface area contributed by atoms with Gasteiger partial charge in [-0.15, -0.1) is 0 Å². The molecule has 0 fully saturated rings. The molecule has 0 spiro atoms. The molecule has 35 heavy (non-hydrogen) atoms. The number of aryl methyl sites for hydroxylation is 2. The molecule has 0 aliphatic carbocycles. The number of benzene rings is 3. The topological polar surface area (TPSA) is 76.0 Å². The second kappa shape index (κ2) is 10.6. The summed E-state index contributed by atoms with van der Waals surface area (Å²) in [7, 11) is 0. The predicted molar refractivity (Wildman–Crippen MR) is 141 cm³/mol. The van der Waals surface area contributed by atoms with E-state index in [4.69, 9.17) is 11.6 Å². The summed E-state index contributed by atoms with van der Waals surface area (Å²) >= 11 is 6.39. The summed E-state index contributed by atoms with van der Waals surface area (Å²) in [5, 5.41) is 10.4. The molecule has 7 heteroatoms. The van der Waals surface area contributed by atoms with Crippen LogP contribution in [0.2, 0.25) is 5.02 Å². The number of anilines is 2. The first-order valence-corrected chi connectivity index (χ1v) is 11.8. The van der Waals surface area contributed by atoms with Crippen LogP contribution in [0.4, 0.5) is 11.4 Å². The molecule has 4 aromatic rings. The number of nitrogens with one attached hydrogen (secondary N) is 2. The molecule has 2 amide bonds. The van der Waals surface area contributed by atoms with Crippen molar-refractivity contribution in [3.05, 3.63) is 101 Å². The van der Waals surface area contributed by atoms with Gasteiger partial charge in [-0.25, -0.2) is 0 Å². The van der Waals surface area contributed by atoms with E-state index in [0.29, 0.717) is 16.4 Å². The fourth-order valence-electron chi connectivity index (χ4n) is 3.92. The van der Waals surface area contributed by atoms with Crippen molar-refractivity contribution in [2.24, 2.45) is 0 Å². The van der Waals surface area contributed by atoms with E-state index in [1.807, 2.05) is 62.4 Å². The third kappa shape index (κ3) is 5.97. The number of carbonyl (C=O) groups is 2. The normalized spacial score (nSPS) is 11.7. The lowest BCUT2D eigenvalue weighted by Gasteiger charge is -2.16. The van der Waals surface area contributed by atoms with Crippen molar-refractivity contribution in [1.82, 2.24) is 9.78 Å². The minimum Gasteiger partial charge on any atom is -0.326 e. The van der Waals surface area contributed by atoms with Crippen molar-refractivity contribution >= 4 is 34.8 Å². The Morgan fingerprint density at radius 3 is 2.23 bits per heavy atom. The molecule has 1 unspecified atom stereocenters. The predicted octanol–water partition coefficient (Wildman–Crippen LogP) is 6.20. The monoisotopic (exact) mass is 486 g/mol. The molecule has 0 aliphatic rings. The fourth-order valence-corrected chi connectivity index (χ4v) is 4.14. The van der Waals surface area contributed by atoms with Gasteiger partial charge in [0.2, 0.25) is 11.8 Å². The van der Waals surface area contributed by atoms with E-state index in [2.05, 4.69) is 27.9 Å². The molecule has 0 saturated heterocycles. The van der Waals surface area contributed by atoms with E-state index in [-0.39, 0.29) is 18.2 Å². The minimum absolute atomic E-state index is 0.150. The van der Waals surface area contributed by atoms with Crippen molar-refractivity contribution in [3.8, 4) is 11.1 Å². The molecule has 178 valence electrons. The zero-order valence-corrected chi connectivity index (χ0v) is 20.6. The van der Waals surface area contributed by atoms with Gasteiger partial charge in [0.25, 0.3) is 0 Å². The summed E-state index contributed by atoms with van der Waals surface area (Å²) in [6.45, 7) is 5.58. The molecule has 3 aromatic carbocycles. The average Bonchev–Trinajstić information content (AvgIpc) is 3.19. The van der Waals surface area contributed by atoms with Crippen molar-refractivity contribution < 1.29 is 9.59 Å². The number of hydrogen-bond donors (Lipinski definition) is 2. The Hall–Kier alpha value is -3.90. The SMILES string of the molecule is Cc1cc(C)n(C(C)C(=O)Nc2ccc(NC(=O)Cc3ccc(-c4ccccc4)cc3)cc2Cl)n1. The third-order valence-electron chi connectivity index (χ3n) is 5.73. The molecule has 6 nitrogen and oxygen atoms in total. The Bertz CT molecular complexity index is 1350. The molecule has 0 radical (unpaired) electrons. The van der Waals surface area contributed by atoms with Crippen LogP contribution in [0.15, 0.2) is 78.9 Å². The average molecular weight is 487 g/mol. The minimum atomic E-state index is -0.493. The van der Waals surface area contributed by atoms with Gasteiger partial charge in [-0.2, -0.15) is 5.10 Å². The Kier molecular flexibility index (Phi) is 7.32.